The van der Waals surface area contributed by atoms with Crippen LogP contribution in [0.1, 0.15) is 42.2 Å². The lowest BCUT2D eigenvalue weighted by Gasteiger charge is -2.32. The normalized spacial score (nSPS) is 16.4. The number of hydrogen-bond donors (Lipinski definition) is 3. The second-order valence-electron chi connectivity index (χ2n) is 7.46. The van der Waals surface area contributed by atoms with Gasteiger partial charge in [-0.2, -0.15) is 0 Å². The summed E-state index contributed by atoms with van der Waals surface area (Å²) >= 11 is 0. The van der Waals surface area contributed by atoms with Crippen LogP contribution in [-0.2, 0) is 6.54 Å². The first-order valence-corrected chi connectivity index (χ1v) is 10.2. The van der Waals surface area contributed by atoms with Crippen molar-refractivity contribution in [2.45, 2.75) is 38.8 Å². The summed E-state index contributed by atoms with van der Waals surface area (Å²) in [6, 6.07) is 13.6. The minimum Gasteiger partial charge on any atom is -0.399 e. The molecule has 0 saturated heterocycles. The van der Waals surface area contributed by atoms with Crippen molar-refractivity contribution >= 4 is 22.6 Å². The van der Waals surface area contributed by atoms with Crippen molar-refractivity contribution < 1.29 is 4.79 Å². The molecule has 1 amide bonds. The van der Waals surface area contributed by atoms with E-state index in [0.29, 0.717) is 12.2 Å². The topological polar surface area (TPSA) is 87.0 Å². The van der Waals surface area contributed by atoms with Gasteiger partial charge >= 0.3 is 0 Å². The number of pyridine rings is 1. The number of fused-ring (bicyclic) bond motifs is 1. The first kappa shape index (κ1) is 19.1. The number of nitrogens with one attached hydrogen (secondary N) is 2. The molecule has 1 aliphatic carbocycles. The number of likely N-dealkylation sites (N-methyl/N-ethyl adjacent to an activating group) is 1. The number of allylic oxidation sites excluding steroid dienone is 1. The molecule has 6 nitrogen and oxygen atoms in total. The molecule has 1 atom stereocenters. The molecule has 0 aliphatic heterocycles. The first-order valence-electron chi connectivity index (χ1n) is 10.2. The molecule has 1 aliphatic rings. The Kier molecular flexibility index (Phi) is 5.51. The number of nitrogens with two attached hydrogens (primary N) is 1. The van der Waals surface area contributed by atoms with Crippen LogP contribution in [0.25, 0.3) is 11.0 Å². The summed E-state index contributed by atoms with van der Waals surface area (Å²) in [5.41, 5.74) is 11.3. The average molecular weight is 390 g/mol. The van der Waals surface area contributed by atoms with Gasteiger partial charge in [0.1, 0.15) is 5.69 Å². The molecule has 4 N–H and O–H groups in total. The predicted octanol–water partition coefficient (Wildman–Crippen LogP) is 3.83. The number of benzene rings is 1. The third-order valence-electron chi connectivity index (χ3n) is 5.43. The van der Waals surface area contributed by atoms with E-state index >= 15 is 0 Å². The Bertz CT molecular complexity index is 1010. The average Bonchev–Trinajstić information content (AvgIpc) is 3.17. The Morgan fingerprint density at radius 2 is 2.21 bits per heavy atom. The van der Waals surface area contributed by atoms with E-state index in [1.54, 1.807) is 6.20 Å². The second-order valence-corrected chi connectivity index (χ2v) is 7.46. The maximum atomic E-state index is 13.2. The molecule has 2 heterocycles. The van der Waals surface area contributed by atoms with E-state index in [-0.39, 0.29) is 11.9 Å². The molecule has 0 spiro atoms. The Morgan fingerprint density at radius 3 is 3.00 bits per heavy atom. The Labute approximate surface area is 170 Å². The van der Waals surface area contributed by atoms with Gasteiger partial charge in [0, 0.05) is 30.7 Å². The number of carbonyl (C=O) groups is 1. The number of aromatic nitrogens is 2. The van der Waals surface area contributed by atoms with Gasteiger partial charge in [-0.15, -0.1) is 0 Å². The lowest BCUT2D eigenvalue weighted by Crippen LogP contribution is -2.41. The largest absolute Gasteiger partial charge is 0.399 e. The van der Waals surface area contributed by atoms with Crippen molar-refractivity contribution in [3.8, 4) is 0 Å². The molecule has 6 heteroatoms. The van der Waals surface area contributed by atoms with Gasteiger partial charge in [0.2, 0.25) is 0 Å². The fourth-order valence-electron chi connectivity index (χ4n) is 3.97. The lowest BCUT2D eigenvalue weighted by molar-refractivity contribution is 0.0706. The maximum absolute atomic E-state index is 13.2. The fourth-order valence-corrected chi connectivity index (χ4v) is 3.97. The zero-order chi connectivity index (χ0) is 20.2. The van der Waals surface area contributed by atoms with Crippen molar-refractivity contribution in [2.75, 3.05) is 12.3 Å². The zero-order valence-corrected chi connectivity index (χ0v) is 16.7. The van der Waals surface area contributed by atoms with Crippen molar-refractivity contribution in [1.82, 2.24) is 20.2 Å². The zero-order valence-electron chi connectivity index (χ0n) is 16.7. The Balaban J connectivity index is 1.48. The van der Waals surface area contributed by atoms with E-state index < -0.39 is 0 Å². The van der Waals surface area contributed by atoms with Crippen molar-refractivity contribution in [3.05, 3.63) is 71.7 Å². The number of H-pyrrole nitrogens is 1. The summed E-state index contributed by atoms with van der Waals surface area (Å²) in [4.78, 5) is 22.6. The van der Waals surface area contributed by atoms with E-state index in [1.807, 2.05) is 48.2 Å². The van der Waals surface area contributed by atoms with Crippen LogP contribution < -0.4 is 11.1 Å². The van der Waals surface area contributed by atoms with E-state index in [2.05, 4.69) is 27.4 Å². The fraction of sp³-hybridized carbons (Fsp3) is 0.304. The molecule has 2 aromatic heterocycles. The smallest absolute Gasteiger partial charge is 0.270 e. The summed E-state index contributed by atoms with van der Waals surface area (Å²) in [5.74, 6) is 0.0174. The molecule has 150 valence electrons. The van der Waals surface area contributed by atoms with Crippen LogP contribution in [0.4, 0.5) is 5.69 Å². The summed E-state index contributed by atoms with van der Waals surface area (Å²) in [7, 11) is 0. The van der Waals surface area contributed by atoms with E-state index in [4.69, 9.17) is 5.73 Å². The van der Waals surface area contributed by atoms with Gasteiger partial charge in [-0.3, -0.25) is 9.78 Å². The number of aromatic amines is 1. The van der Waals surface area contributed by atoms with Crippen LogP contribution in [0.3, 0.4) is 0 Å². The van der Waals surface area contributed by atoms with Crippen LogP contribution >= 0.6 is 0 Å². The van der Waals surface area contributed by atoms with E-state index in [9.17, 15) is 4.79 Å². The highest BCUT2D eigenvalue weighted by Gasteiger charge is 2.25. The summed E-state index contributed by atoms with van der Waals surface area (Å²) in [6.45, 7) is 3.42. The minimum atomic E-state index is 0.0174. The number of hydrogen-bond acceptors (Lipinski definition) is 4. The number of rotatable bonds is 6. The van der Waals surface area contributed by atoms with E-state index in [1.165, 1.54) is 5.70 Å². The van der Waals surface area contributed by atoms with Gasteiger partial charge in [-0.25, -0.2) is 0 Å². The third-order valence-corrected chi connectivity index (χ3v) is 5.43. The molecule has 0 saturated carbocycles. The molecular formula is C23H27N5O. The molecular weight excluding hydrogens is 362 g/mol. The van der Waals surface area contributed by atoms with Gasteiger partial charge in [0.25, 0.3) is 5.91 Å². The van der Waals surface area contributed by atoms with Gasteiger partial charge < -0.3 is 20.9 Å². The molecule has 0 radical (unpaired) electrons. The van der Waals surface area contributed by atoms with E-state index in [0.717, 1.165) is 48.1 Å². The van der Waals surface area contributed by atoms with Crippen LogP contribution in [0.15, 0.2) is 60.4 Å². The van der Waals surface area contributed by atoms with Crippen LogP contribution in [0.2, 0.25) is 0 Å². The predicted molar refractivity (Wildman–Crippen MR) is 116 cm³/mol. The minimum absolute atomic E-state index is 0.0174. The Morgan fingerprint density at radius 1 is 1.31 bits per heavy atom. The van der Waals surface area contributed by atoms with Gasteiger partial charge in [0.15, 0.2) is 0 Å². The van der Waals surface area contributed by atoms with Crippen molar-refractivity contribution in [1.29, 1.82) is 0 Å². The van der Waals surface area contributed by atoms with Gasteiger partial charge in [-0.1, -0.05) is 12.1 Å². The second kappa shape index (κ2) is 8.39. The molecule has 1 aromatic carbocycles. The van der Waals surface area contributed by atoms with Crippen molar-refractivity contribution in [2.24, 2.45) is 0 Å². The molecule has 29 heavy (non-hydrogen) atoms. The van der Waals surface area contributed by atoms with Crippen LogP contribution in [0.5, 0.6) is 0 Å². The summed E-state index contributed by atoms with van der Waals surface area (Å²) in [5, 5.41) is 3.52. The highest BCUT2D eigenvalue weighted by molar-refractivity contribution is 5.97. The monoisotopic (exact) mass is 389 g/mol. The van der Waals surface area contributed by atoms with Crippen molar-refractivity contribution in [3.63, 3.8) is 0 Å². The number of nitrogen functional groups attached to an aromatic ring is 1. The highest BCUT2D eigenvalue weighted by atomic mass is 16.2. The quantitative estimate of drug-likeness (QED) is 0.559. The maximum Gasteiger partial charge on any atom is 0.270 e. The van der Waals surface area contributed by atoms with Crippen LogP contribution in [0, 0.1) is 0 Å². The first-order chi connectivity index (χ1) is 14.1. The third kappa shape index (κ3) is 4.26. The standard InChI is InChI=1S/C23H27N5O/c1-2-28(23(29)22-14-21-20(27-22)10-5-11-25-21)19-9-4-8-18(13-19)26-15-16-6-3-7-17(24)12-16/h3,5-7,10-14,19,26-27H,2,4,8-9,15,24H2,1H3/t19-/m0/s1. The lowest BCUT2D eigenvalue weighted by atomic mass is 9.98. The molecule has 4 rings (SSSR count). The molecule has 0 unspecified atom stereocenters. The number of amides is 1. The number of carbonyl (C=O) groups excluding carboxylic acids is 1. The van der Waals surface area contributed by atoms with Gasteiger partial charge in [-0.05, 0) is 68.2 Å². The number of anilines is 1. The highest BCUT2D eigenvalue weighted by Crippen LogP contribution is 2.23. The van der Waals surface area contributed by atoms with Crippen LogP contribution in [-0.4, -0.2) is 33.4 Å². The molecule has 0 fully saturated rings. The number of nitrogens with zero attached hydrogens (tertiary/aromatic N) is 2. The summed E-state index contributed by atoms with van der Waals surface area (Å²) < 4.78 is 0. The Hall–Kier alpha value is -3.28. The molecule has 3 aromatic rings. The SMILES string of the molecule is CCN(C(=O)c1cc2ncccc2[nH]1)[C@@H]1C=C(NCc2cccc(N)c2)CCC1. The van der Waals surface area contributed by atoms with Gasteiger partial charge in [0.05, 0.1) is 17.1 Å². The molecule has 0 bridgehead atoms. The summed E-state index contributed by atoms with van der Waals surface area (Å²) in [6.07, 6.45) is 6.98.